The molecule has 150 valence electrons. The SMILES string of the molecule is O=C(Cn1cnc2c(cnn2-c2cccc(Cl)c2)c1=O)Nc1ccc2c(c1)OCO2. The van der Waals surface area contributed by atoms with Gasteiger partial charge in [0.15, 0.2) is 17.1 Å². The van der Waals surface area contributed by atoms with Gasteiger partial charge in [0.25, 0.3) is 5.56 Å². The Kier molecular flexibility index (Phi) is 4.36. The van der Waals surface area contributed by atoms with E-state index in [4.69, 9.17) is 21.1 Å². The lowest BCUT2D eigenvalue weighted by molar-refractivity contribution is -0.116. The van der Waals surface area contributed by atoms with Crippen LogP contribution in [0.2, 0.25) is 5.02 Å². The van der Waals surface area contributed by atoms with Crippen molar-refractivity contribution < 1.29 is 14.3 Å². The molecule has 1 aliphatic heterocycles. The summed E-state index contributed by atoms with van der Waals surface area (Å²) in [5.41, 5.74) is 1.24. The van der Waals surface area contributed by atoms with Crippen molar-refractivity contribution in [1.82, 2.24) is 19.3 Å². The predicted molar refractivity (Wildman–Crippen MR) is 109 cm³/mol. The maximum Gasteiger partial charge on any atom is 0.264 e. The molecule has 0 saturated carbocycles. The maximum absolute atomic E-state index is 12.8. The van der Waals surface area contributed by atoms with Gasteiger partial charge in [-0.15, -0.1) is 0 Å². The first-order chi connectivity index (χ1) is 14.6. The predicted octanol–water partition coefficient (Wildman–Crippen LogP) is 2.60. The second-order valence-electron chi connectivity index (χ2n) is 6.57. The van der Waals surface area contributed by atoms with Crippen molar-refractivity contribution in [2.45, 2.75) is 6.54 Å². The zero-order valence-electron chi connectivity index (χ0n) is 15.4. The summed E-state index contributed by atoms with van der Waals surface area (Å²) in [5, 5.41) is 7.83. The number of carbonyl (C=O) groups excluding carboxylic acids is 1. The van der Waals surface area contributed by atoms with Crippen LogP contribution in [0.3, 0.4) is 0 Å². The van der Waals surface area contributed by atoms with Gasteiger partial charge in [-0.1, -0.05) is 17.7 Å². The number of anilines is 1. The number of amides is 1. The van der Waals surface area contributed by atoms with E-state index >= 15 is 0 Å². The smallest absolute Gasteiger partial charge is 0.264 e. The third kappa shape index (κ3) is 3.25. The fraction of sp³-hybridized carbons (Fsp3) is 0.100. The minimum absolute atomic E-state index is 0.149. The van der Waals surface area contributed by atoms with Gasteiger partial charge in [-0.3, -0.25) is 14.2 Å². The molecule has 4 aromatic rings. The standard InChI is InChI=1S/C20H14ClN5O4/c21-12-2-1-3-14(6-12)26-19-15(8-23-26)20(28)25(10-22-19)9-18(27)24-13-4-5-16-17(7-13)30-11-29-16/h1-8,10H,9,11H2,(H,24,27). The van der Waals surface area contributed by atoms with E-state index in [-0.39, 0.29) is 24.8 Å². The Labute approximate surface area is 174 Å². The second-order valence-corrected chi connectivity index (χ2v) is 7.00. The third-order valence-corrected chi connectivity index (χ3v) is 4.81. The van der Waals surface area contributed by atoms with Crippen LogP contribution < -0.4 is 20.3 Å². The van der Waals surface area contributed by atoms with E-state index in [0.717, 1.165) is 0 Å². The first-order valence-electron chi connectivity index (χ1n) is 8.97. The van der Waals surface area contributed by atoms with E-state index < -0.39 is 0 Å². The number of carbonyl (C=O) groups is 1. The molecule has 0 spiro atoms. The Balaban J connectivity index is 1.39. The maximum atomic E-state index is 12.8. The van der Waals surface area contributed by atoms with Crippen molar-refractivity contribution in [2.24, 2.45) is 0 Å². The molecule has 1 aliphatic rings. The molecule has 0 aliphatic carbocycles. The van der Waals surface area contributed by atoms with Gasteiger partial charge < -0.3 is 14.8 Å². The highest BCUT2D eigenvalue weighted by molar-refractivity contribution is 6.30. The molecule has 0 atom stereocenters. The zero-order valence-corrected chi connectivity index (χ0v) is 16.2. The molecule has 5 rings (SSSR count). The molecular weight excluding hydrogens is 410 g/mol. The van der Waals surface area contributed by atoms with Gasteiger partial charge in [0.05, 0.1) is 11.9 Å². The van der Waals surface area contributed by atoms with Gasteiger partial charge in [0.1, 0.15) is 18.3 Å². The van der Waals surface area contributed by atoms with Crippen molar-refractivity contribution >= 4 is 34.2 Å². The topological polar surface area (TPSA) is 100 Å². The number of fused-ring (bicyclic) bond motifs is 2. The average molecular weight is 424 g/mol. The second kappa shape index (κ2) is 7.20. The molecule has 10 heteroatoms. The zero-order chi connectivity index (χ0) is 20.7. The Morgan fingerprint density at radius 2 is 2.03 bits per heavy atom. The molecule has 3 heterocycles. The Hall–Kier alpha value is -3.85. The molecule has 2 aromatic carbocycles. The van der Waals surface area contributed by atoms with Crippen LogP contribution >= 0.6 is 11.6 Å². The number of nitrogens with one attached hydrogen (secondary N) is 1. The lowest BCUT2D eigenvalue weighted by atomic mass is 10.3. The van der Waals surface area contributed by atoms with Gasteiger partial charge in [-0.05, 0) is 30.3 Å². The van der Waals surface area contributed by atoms with E-state index in [1.807, 2.05) is 6.07 Å². The number of rotatable bonds is 4. The highest BCUT2D eigenvalue weighted by Gasteiger charge is 2.16. The number of aromatic nitrogens is 4. The molecule has 1 amide bonds. The average Bonchev–Trinajstić information content (AvgIpc) is 3.37. The van der Waals surface area contributed by atoms with Gasteiger partial charge in [-0.25, -0.2) is 9.67 Å². The molecule has 30 heavy (non-hydrogen) atoms. The van der Waals surface area contributed by atoms with Crippen LogP contribution in [0, 0.1) is 0 Å². The lowest BCUT2D eigenvalue weighted by Crippen LogP contribution is -2.27. The number of nitrogens with zero attached hydrogens (tertiary/aromatic N) is 4. The van der Waals surface area contributed by atoms with E-state index in [0.29, 0.717) is 38.9 Å². The highest BCUT2D eigenvalue weighted by Crippen LogP contribution is 2.34. The van der Waals surface area contributed by atoms with Gasteiger partial charge in [0, 0.05) is 16.8 Å². The normalized spacial score (nSPS) is 12.3. The van der Waals surface area contributed by atoms with Crippen molar-refractivity contribution in [2.75, 3.05) is 12.1 Å². The Morgan fingerprint density at radius 1 is 1.17 bits per heavy atom. The van der Waals surface area contributed by atoms with Crippen LogP contribution in [0.25, 0.3) is 16.7 Å². The van der Waals surface area contributed by atoms with Crippen LogP contribution in [0.15, 0.2) is 59.8 Å². The number of ether oxygens (including phenoxy) is 2. The molecule has 9 nitrogen and oxygen atoms in total. The highest BCUT2D eigenvalue weighted by atomic mass is 35.5. The summed E-state index contributed by atoms with van der Waals surface area (Å²) in [6.07, 6.45) is 2.75. The number of hydrogen-bond donors (Lipinski definition) is 1. The summed E-state index contributed by atoms with van der Waals surface area (Å²) in [6, 6.07) is 12.1. The van der Waals surface area contributed by atoms with E-state index in [1.54, 1.807) is 36.4 Å². The van der Waals surface area contributed by atoms with Gasteiger partial charge in [0.2, 0.25) is 12.7 Å². The van der Waals surface area contributed by atoms with E-state index in [2.05, 4.69) is 15.4 Å². The van der Waals surface area contributed by atoms with Crippen LogP contribution in [0.4, 0.5) is 5.69 Å². The Bertz CT molecular complexity index is 1350. The quantitative estimate of drug-likeness (QED) is 0.541. The molecule has 2 aromatic heterocycles. The molecule has 0 bridgehead atoms. The van der Waals surface area contributed by atoms with Gasteiger partial charge >= 0.3 is 0 Å². The fourth-order valence-corrected chi connectivity index (χ4v) is 3.37. The first-order valence-corrected chi connectivity index (χ1v) is 9.35. The first kappa shape index (κ1) is 18.2. The summed E-state index contributed by atoms with van der Waals surface area (Å²) < 4.78 is 13.3. The van der Waals surface area contributed by atoms with Crippen LogP contribution in [0.5, 0.6) is 11.5 Å². The van der Waals surface area contributed by atoms with Crippen LogP contribution in [-0.4, -0.2) is 32.0 Å². The third-order valence-electron chi connectivity index (χ3n) is 4.58. The minimum atomic E-state index is -0.376. The van der Waals surface area contributed by atoms with Crippen LogP contribution in [-0.2, 0) is 11.3 Å². The molecule has 1 N–H and O–H groups in total. The molecule has 0 fully saturated rings. The largest absolute Gasteiger partial charge is 0.454 e. The summed E-state index contributed by atoms with van der Waals surface area (Å²) >= 11 is 6.04. The van der Waals surface area contributed by atoms with Gasteiger partial charge in [-0.2, -0.15) is 5.10 Å². The minimum Gasteiger partial charge on any atom is -0.454 e. The molecule has 0 unspecified atom stereocenters. The summed E-state index contributed by atoms with van der Waals surface area (Å²) in [7, 11) is 0. The number of halogens is 1. The molecule has 0 saturated heterocycles. The summed E-state index contributed by atoms with van der Waals surface area (Å²) in [6.45, 7) is -0.0464. The Morgan fingerprint density at radius 3 is 2.90 bits per heavy atom. The van der Waals surface area contributed by atoms with Crippen molar-refractivity contribution in [1.29, 1.82) is 0 Å². The summed E-state index contributed by atoms with van der Waals surface area (Å²) in [5.74, 6) is 0.802. The fourth-order valence-electron chi connectivity index (χ4n) is 3.19. The number of benzene rings is 2. The summed E-state index contributed by atoms with van der Waals surface area (Å²) in [4.78, 5) is 29.6. The monoisotopic (exact) mass is 423 g/mol. The molecule has 0 radical (unpaired) electrons. The van der Waals surface area contributed by atoms with Crippen molar-refractivity contribution in [3.8, 4) is 17.2 Å². The van der Waals surface area contributed by atoms with E-state index in [1.165, 1.54) is 21.8 Å². The lowest BCUT2D eigenvalue weighted by Gasteiger charge is -2.08. The number of hydrogen-bond acceptors (Lipinski definition) is 6. The van der Waals surface area contributed by atoms with Crippen LogP contribution in [0.1, 0.15) is 0 Å². The van der Waals surface area contributed by atoms with E-state index in [9.17, 15) is 9.59 Å². The van der Waals surface area contributed by atoms with Crippen molar-refractivity contribution in [3.05, 3.63) is 70.4 Å². The van der Waals surface area contributed by atoms with Crippen molar-refractivity contribution in [3.63, 3.8) is 0 Å². The molecular formula is C20H14ClN5O4.